The summed E-state index contributed by atoms with van der Waals surface area (Å²) in [6, 6.07) is 6.66. The second-order valence-corrected chi connectivity index (χ2v) is 6.21. The summed E-state index contributed by atoms with van der Waals surface area (Å²) in [5, 5.41) is 6.54. The van der Waals surface area contributed by atoms with Crippen LogP contribution in [0.2, 0.25) is 0 Å². The second kappa shape index (κ2) is 6.06. The molecule has 0 radical (unpaired) electrons. The fourth-order valence-electron chi connectivity index (χ4n) is 2.87. The molecule has 0 saturated heterocycles. The highest BCUT2D eigenvalue weighted by Crippen LogP contribution is 2.34. The van der Waals surface area contributed by atoms with Crippen molar-refractivity contribution in [1.82, 2.24) is 10.6 Å². The van der Waals surface area contributed by atoms with Gasteiger partial charge in [-0.2, -0.15) is 0 Å². The van der Waals surface area contributed by atoms with Gasteiger partial charge in [0.25, 0.3) is 0 Å². The predicted octanol–water partition coefficient (Wildman–Crippen LogP) is 2.47. The molecule has 2 N–H and O–H groups in total. The summed E-state index contributed by atoms with van der Waals surface area (Å²) in [7, 11) is 0. The quantitative estimate of drug-likeness (QED) is 0.895. The lowest BCUT2D eigenvalue weighted by molar-refractivity contribution is -0.123. The van der Waals surface area contributed by atoms with Gasteiger partial charge in [0.15, 0.2) is 0 Å². The van der Waals surface area contributed by atoms with E-state index in [4.69, 9.17) is 4.74 Å². The Labute approximate surface area is 126 Å². The van der Waals surface area contributed by atoms with Crippen LogP contribution in [-0.2, 0) is 4.79 Å². The van der Waals surface area contributed by atoms with E-state index < -0.39 is 0 Å². The van der Waals surface area contributed by atoms with Gasteiger partial charge in [0, 0.05) is 17.6 Å². The topological polar surface area (TPSA) is 50.4 Å². The van der Waals surface area contributed by atoms with Gasteiger partial charge in [-0.25, -0.2) is 0 Å². The molecule has 1 saturated carbocycles. The van der Waals surface area contributed by atoms with Crippen LogP contribution in [0.15, 0.2) is 18.2 Å². The van der Waals surface area contributed by atoms with E-state index in [2.05, 4.69) is 35.8 Å². The number of hydrogen-bond donors (Lipinski definition) is 2. The molecule has 2 atom stereocenters. The number of aryl methyl sites for hydroxylation is 1. The lowest BCUT2D eigenvalue weighted by Crippen LogP contribution is -2.44. The van der Waals surface area contributed by atoms with E-state index in [1.165, 1.54) is 5.56 Å². The van der Waals surface area contributed by atoms with Crippen molar-refractivity contribution in [2.75, 3.05) is 6.61 Å². The highest BCUT2D eigenvalue weighted by atomic mass is 16.5. The monoisotopic (exact) mass is 288 g/mol. The Hall–Kier alpha value is -1.55. The lowest BCUT2D eigenvalue weighted by Gasteiger charge is -2.23. The average Bonchev–Trinajstić information content (AvgIpc) is 3.27. The zero-order valence-corrected chi connectivity index (χ0v) is 12.8. The summed E-state index contributed by atoms with van der Waals surface area (Å²) in [5.41, 5.74) is 2.34. The highest BCUT2D eigenvalue weighted by Gasteiger charge is 2.28. The third-order valence-corrected chi connectivity index (χ3v) is 4.27. The van der Waals surface area contributed by atoms with Crippen LogP contribution < -0.4 is 15.4 Å². The van der Waals surface area contributed by atoms with Crippen molar-refractivity contribution in [3.05, 3.63) is 29.3 Å². The van der Waals surface area contributed by atoms with Crippen LogP contribution in [0.1, 0.15) is 49.8 Å². The van der Waals surface area contributed by atoms with Crippen molar-refractivity contribution in [1.29, 1.82) is 0 Å². The smallest absolute Gasteiger partial charge is 0.237 e. The number of carbonyl (C=O) groups excluding carboxylic acids is 1. The number of para-hydroxylation sites is 1. The zero-order chi connectivity index (χ0) is 14.8. The molecule has 1 amide bonds. The van der Waals surface area contributed by atoms with Gasteiger partial charge in [-0.15, -0.1) is 0 Å². The Morgan fingerprint density at radius 3 is 2.90 bits per heavy atom. The van der Waals surface area contributed by atoms with Gasteiger partial charge < -0.3 is 10.1 Å². The molecule has 4 nitrogen and oxygen atoms in total. The molecule has 1 fully saturated rings. The summed E-state index contributed by atoms with van der Waals surface area (Å²) in [5.74, 6) is 1.10. The molecule has 1 aliphatic carbocycles. The van der Waals surface area contributed by atoms with Gasteiger partial charge in [-0.3, -0.25) is 10.1 Å². The predicted molar refractivity (Wildman–Crippen MR) is 82.4 cm³/mol. The van der Waals surface area contributed by atoms with Gasteiger partial charge in [-0.1, -0.05) is 18.2 Å². The van der Waals surface area contributed by atoms with Crippen LogP contribution >= 0.6 is 0 Å². The molecule has 0 bridgehead atoms. The number of nitrogens with one attached hydrogen (secondary N) is 2. The standard InChI is InChI=1S/C17H24N2O2/c1-11-5-3-6-14-15(7-4-10-21-16(11)14)18-12(2)17(20)19-13-8-9-13/h3,5-6,12-13,15,18H,4,7-10H2,1-2H3,(H,19,20). The van der Waals surface area contributed by atoms with E-state index in [9.17, 15) is 4.79 Å². The van der Waals surface area contributed by atoms with E-state index in [1.807, 2.05) is 6.92 Å². The van der Waals surface area contributed by atoms with Crippen molar-refractivity contribution in [3.63, 3.8) is 0 Å². The number of benzene rings is 1. The molecule has 1 aliphatic heterocycles. The van der Waals surface area contributed by atoms with Gasteiger partial charge >= 0.3 is 0 Å². The van der Waals surface area contributed by atoms with E-state index in [0.717, 1.165) is 43.6 Å². The Morgan fingerprint density at radius 1 is 1.33 bits per heavy atom. The van der Waals surface area contributed by atoms with Crippen molar-refractivity contribution in [2.24, 2.45) is 0 Å². The fraction of sp³-hybridized carbons (Fsp3) is 0.588. The van der Waals surface area contributed by atoms with Crippen molar-refractivity contribution < 1.29 is 9.53 Å². The summed E-state index contributed by atoms with van der Waals surface area (Å²) in [6.07, 6.45) is 4.25. The van der Waals surface area contributed by atoms with Crippen LogP contribution in [0.4, 0.5) is 0 Å². The molecule has 4 heteroatoms. The fourth-order valence-corrected chi connectivity index (χ4v) is 2.87. The van der Waals surface area contributed by atoms with Gasteiger partial charge in [0.05, 0.1) is 12.6 Å². The van der Waals surface area contributed by atoms with Crippen molar-refractivity contribution >= 4 is 5.91 Å². The number of hydrogen-bond acceptors (Lipinski definition) is 3. The molecule has 21 heavy (non-hydrogen) atoms. The minimum absolute atomic E-state index is 0.108. The average molecular weight is 288 g/mol. The second-order valence-electron chi connectivity index (χ2n) is 6.21. The third-order valence-electron chi connectivity index (χ3n) is 4.27. The zero-order valence-electron chi connectivity index (χ0n) is 12.8. The molecular formula is C17H24N2O2. The molecular weight excluding hydrogens is 264 g/mol. The van der Waals surface area contributed by atoms with Crippen LogP contribution in [0, 0.1) is 6.92 Å². The molecule has 3 rings (SSSR count). The minimum Gasteiger partial charge on any atom is -0.493 e. The first-order valence-corrected chi connectivity index (χ1v) is 7.94. The molecule has 1 aromatic rings. The summed E-state index contributed by atoms with van der Waals surface area (Å²) in [4.78, 5) is 12.1. The number of carbonyl (C=O) groups is 1. The Morgan fingerprint density at radius 2 is 2.14 bits per heavy atom. The molecule has 1 heterocycles. The number of rotatable bonds is 4. The third kappa shape index (κ3) is 3.38. The van der Waals surface area contributed by atoms with Crippen LogP contribution in [0.25, 0.3) is 0 Å². The number of amides is 1. The van der Waals surface area contributed by atoms with Crippen LogP contribution in [0.3, 0.4) is 0 Å². The van der Waals surface area contributed by atoms with Crippen molar-refractivity contribution in [2.45, 2.75) is 57.7 Å². The van der Waals surface area contributed by atoms with Gasteiger partial charge in [0.1, 0.15) is 5.75 Å². The van der Waals surface area contributed by atoms with Gasteiger partial charge in [0.2, 0.25) is 5.91 Å². The van der Waals surface area contributed by atoms with Gasteiger partial charge in [-0.05, 0) is 45.1 Å². The lowest BCUT2D eigenvalue weighted by atomic mass is 9.99. The number of ether oxygens (including phenoxy) is 1. The Balaban J connectivity index is 1.72. The normalized spacial score (nSPS) is 22.7. The largest absolute Gasteiger partial charge is 0.493 e. The van der Waals surface area contributed by atoms with Crippen LogP contribution in [-0.4, -0.2) is 24.6 Å². The SMILES string of the molecule is Cc1cccc2c1OCCCC2NC(C)C(=O)NC1CC1. The Bertz CT molecular complexity index is 526. The van der Waals surface area contributed by atoms with E-state index >= 15 is 0 Å². The summed E-state index contributed by atoms with van der Waals surface area (Å²) >= 11 is 0. The summed E-state index contributed by atoms with van der Waals surface area (Å²) in [6.45, 7) is 4.77. The van der Waals surface area contributed by atoms with E-state index in [1.54, 1.807) is 0 Å². The van der Waals surface area contributed by atoms with E-state index in [0.29, 0.717) is 6.04 Å². The molecule has 1 aromatic carbocycles. The maximum atomic E-state index is 12.1. The maximum absolute atomic E-state index is 12.1. The molecule has 0 spiro atoms. The highest BCUT2D eigenvalue weighted by molar-refractivity contribution is 5.81. The first-order chi connectivity index (χ1) is 10.1. The molecule has 2 unspecified atom stereocenters. The first-order valence-electron chi connectivity index (χ1n) is 7.94. The first kappa shape index (κ1) is 14.4. The maximum Gasteiger partial charge on any atom is 0.237 e. The van der Waals surface area contributed by atoms with Crippen molar-refractivity contribution in [3.8, 4) is 5.75 Å². The number of fused-ring (bicyclic) bond motifs is 1. The van der Waals surface area contributed by atoms with Crippen LogP contribution in [0.5, 0.6) is 5.75 Å². The molecule has 114 valence electrons. The Kier molecular flexibility index (Phi) is 4.15. The molecule has 2 aliphatic rings. The summed E-state index contributed by atoms with van der Waals surface area (Å²) < 4.78 is 5.89. The minimum atomic E-state index is -0.179. The molecule has 0 aromatic heterocycles. The van der Waals surface area contributed by atoms with E-state index in [-0.39, 0.29) is 18.0 Å².